The summed E-state index contributed by atoms with van der Waals surface area (Å²) in [5.41, 5.74) is 5.04. The van der Waals surface area contributed by atoms with Crippen LogP contribution in [0.5, 0.6) is 0 Å². The second-order valence-electron chi connectivity index (χ2n) is 10.1. The molecule has 1 amide bonds. The number of carbonyl (C=O) groups is 1. The normalized spacial score (nSPS) is 17.2. The summed E-state index contributed by atoms with van der Waals surface area (Å²) >= 11 is 12.5. The van der Waals surface area contributed by atoms with Crippen LogP contribution in [0.15, 0.2) is 78.9 Å². The number of benzene rings is 3. The van der Waals surface area contributed by atoms with Crippen molar-refractivity contribution in [1.29, 1.82) is 0 Å². The van der Waals surface area contributed by atoms with E-state index in [1.807, 2.05) is 42.3 Å². The zero-order valence-electron chi connectivity index (χ0n) is 20.7. The number of carbonyl (C=O) groups excluding carboxylic acids is 1. The molecule has 36 heavy (non-hydrogen) atoms. The molecule has 5 rings (SSSR count). The summed E-state index contributed by atoms with van der Waals surface area (Å²) in [6.45, 7) is 3.51. The Morgan fingerprint density at radius 2 is 1.69 bits per heavy atom. The number of likely N-dealkylation sites (N-methyl/N-ethyl adjacent to an activating group) is 1. The molecule has 3 aromatic rings. The van der Waals surface area contributed by atoms with Crippen LogP contribution >= 0.6 is 23.2 Å². The topological polar surface area (TPSA) is 23.6 Å². The fourth-order valence-corrected chi connectivity index (χ4v) is 6.03. The van der Waals surface area contributed by atoms with Gasteiger partial charge in [0.2, 0.25) is 5.91 Å². The molecule has 1 saturated heterocycles. The lowest BCUT2D eigenvalue weighted by atomic mass is 9.74. The summed E-state index contributed by atoms with van der Waals surface area (Å²) < 4.78 is 0. The van der Waals surface area contributed by atoms with Crippen molar-refractivity contribution in [3.05, 3.63) is 111 Å². The minimum atomic E-state index is -0.267. The van der Waals surface area contributed by atoms with Crippen LogP contribution < -0.4 is 0 Å². The maximum Gasteiger partial charge on any atom is 0.230 e. The van der Waals surface area contributed by atoms with E-state index in [-0.39, 0.29) is 17.2 Å². The van der Waals surface area contributed by atoms with Crippen molar-refractivity contribution in [3.8, 4) is 0 Å². The maximum atomic E-state index is 13.7. The summed E-state index contributed by atoms with van der Waals surface area (Å²) in [7, 11) is 1.88. The second kappa shape index (κ2) is 10.8. The molecule has 1 fully saturated rings. The molecule has 1 spiro atoms. The highest BCUT2D eigenvalue weighted by Gasteiger charge is 2.38. The van der Waals surface area contributed by atoms with Gasteiger partial charge in [0.25, 0.3) is 0 Å². The molecule has 0 bridgehead atoms. The van der Waals surface area contributed by atoms with Gasteiger partial charge in [-0.15, -0.1) is 0 Å². The number of halogens is 2. The Morgan fingerprint density at radius 3 is 2.44 bits per heavy atom. The highest BCUT2D eigenvalue weighted by Crippen LogP contribution is 2.43. The summed E-state index contributed by atoms with van der Waals surface area (Å²) in [4.78, 5) is 18.0. The molecule has 0 N–H and O–H groups in total. The third-order valence-electron chi connectivity index (χ3n) is 7.84. The Hall–Kier alpha value is -2.59. The number of fused-ring (bicyclic) bond motifs is 2. The van der Waals surface area contributed by atoms with Crippen molar-refractivity contribution >= 4 is 35.2 Å². The van der Waals surface area contributed by atoms with E-state index in [0.29, 0.717) is 16.6 Å². The van der Waals surface area contributed by atoms with Gasteiger partial charge in [-0.25, -0.2) is 0 Å². The van der Waals surface area contributed by atoms with E-state index >= 15 is 0 Å². The van der Waals surface area contributed by atoms with E-state index < -0.39 is 0 Å². The number of piperidine rings is 1. The van der Waals surface area contributed by atoms with Crippen LogP contribution in [-0.4, -0.2) is 42.4 Å². The zero-order valence-corrected chi connectivity index (χ0v) is 22.2. The van der Waals surface area contributed by atoms with Crippen LogP contribution in [0.4, 0.5) is 0 Å². The largest absolute Gasteiger partial charge is 0.341 e. The highest BCUT2D eigenvalue weighted by atomic mass is 35.5. The Labute approximate surface area is 224 Å². The predicted molar refractivity (Wildman–Crippen MR) is 150 cm³/mol. The van der Waals surface area contributed by atoms with Gasteiger partial charge in [0, 0.05) is 19.0 Å². The van der Waals surface area contributed by atoms with E-state index in [1.165, 1.54) is 11.1 Å². The SMILES string of the molecule is CN(Cc1ccccc1)C(=O)[C@@H](CCN1CCC2(C=Cc3ccccc32)CC1)c1ccc(Cl)c(Cl)c1. The molecule has 1 atom stereocenters. The molecular formula is C31H32Cl2N2O. The molecule has 3 nitrogen and oxygen atoms in total. The van der Waals surface area contributed by atoms with Crippen LogP contribution in [0.2, 0.25) is 10.0 Å². The minimum absolute atomic E-state index is 0.110. The van der Waals surface area contributed by atoms with Gasteiger partial charge in [0.1, 0.15) is 0 Å². The van der Waals surface area contributed by atoms with Gasteiger partial charge in [-0.3, -0.25) is 4.79 Å². The lowest BCUT2D eigenvalue weighted by Crippen LogP contribution is -2.42. The van der Waals surface area contributed by atoms with Crippen molar-refractivity contribution < 1.29 is 4.79 Å². The van der Waals surface area contributed by atoms with Crippen LogP contribution in [0, 0.1) is 0 Å². The first kappa shape index (κ1) is 25.1. The van der Waals surface area contributed by atoms with Gasteiger partial charge in [0.05, 0.1) is 16.0 Å². The van der Waals surface area contributed by atoms with Crippen molar-refractivity contribution in [1.82, 2.24) is 9.80 Å². The van der Waals surface area contributed by atoms with E-state index in [4.69, 9.17) is 23.2 Å². The van der Waals surface area contributed by atoms with Crippen LogP contribution in [0.3, 0.4) is 0 Å². The zero-order chi connectivity index (χ0) is 25.1. The Bertz CT molecular complexity index is 1250. The molecule has 0 aromatic heterocycles. The van der Waals surface area contributed by atoms with E-state index in [0.717, 1.165) is 50.0 Å². The summed E-state index contributed by atoms with van der Waals surface area (Å²) in [6.07, 6.45) is 7.66. The highest BCUT2D eigenvalue weighted by molar-refractivity contribution is 6.42. The molecule has 0 saturated carbocycles. The van der Waals surface area contributed by atoms with Crippen LogP contribution in [0.1, 0.15) is 47.4 Å². The summed E-state index contributed by atoms with van der Waals surface area (Å²) in [6, 6.07) is 24.5. The molecule has 1 heterocycles. The van der Waals surface area contributed by atoms with E-state index in [9.17, 15) is 4.79 Å². The molecule has 5 heteroatoms. The predicted octanol–water partition coefficient (Wildman–Crippen LogP) is 7.19. The van der Waals surface area contributed by atoms with Crippen molar-refractivity contribution in [3.63, 3.8) is 0 Å². The fourth-order valence-electron chi connectivity index (χ4n) is 5.72. The monoisotopic (exact) mass is 518 g/mol. The molecule has 2 aliphatic rings. The van der Waals surface area contributed by atoms with Gasteiger partial charge in [-0.2, -0.15) is 0 Å². The molecule has 1 aliphatic heterocycles. The van der Waals surface area contributed by atoms with E-state index in [1.54, 1.807) is 6.07 Å². The first-order valence-corrected chi connectivity index (χ1v) is 13.5. The minimum Gasteiger partial charge on any atom is -0.341 e. The Balaban J connectivity index is 1.27. The third-order valence-corrected chi connectivity index (χ3v) is 8.58. The number of hydrogen-bond donors (Lipinski definition) is 0. The summed E-state index contributed by atoms with van der Waals surface area (Å²) in [5.74, 6) is -0.158. The number of allylic oxidation sites excluding steroid dienone is 1. The lowest BCUT2D eigenvalue weighted by Gasteiger charge is -2.39. The van der Waals surface area contributed by atoms with Gasteiger partial charge < -0.3 is 9.80 Å². The smallest absolute Gasteiger partial charge is 0.230 e. The molecule has 1 aliphatic carbocycles. The van der Waals surface area contributed by atoms with Gasteiger partial charge in [-0.1, -0.05) is 96.0 Å². The van der Waals surface area contributed by atoms with Gasteiger partial charge >= 0.3 is 0 Å². The Morgan fingerprint density at radius 1 is 0.972 bits per heavy atom. The molecular weight excluding hydrogens is 487 g/mol. The first-order valence-electron chi connectivity index (χ1n) is 12.7. The number of rotatable bonds is 7. The van der Waals surface area contributed by atoms with Crippen molar-refractivity contribution in [2.75, 3.05) is 26.7 Å². The molecule has 186 valence electrons. The number of hydrogen-bond acceptors (Lipinski definition) is 2. The van der Waals surface area contributed by atoms with Crippen molar-refractivity contribution in [2.45, 2.75) is 37.1 Å². The number of likely N-dealkylation sites (tertiary alicyclic amines) is 1. The summed E-state index contributed by atoms with van der Waals surface area (Å²) in [5, 5.41) is 1.000. The Kier molecular flexibility index (Phi) is 7.52. The fraction of sp³-hybridized carbons (Fsp3) is 0.323. The maximum absolute atomic E-state index is 13.7. The average Bonchev–Trinajstić information content (AvgIpc) is 3.26. The van der Waals surface area contributed by atoms with Crippen LogP contribution in [0.25, 0.3) is 6.08 Å². The molecule has 0 unspecified atom stereocenters. The number of amides is 1. The third kappa shape index (κ3) is 5.25. The molecule has 0 radical (unpaired) electrons. The standard InChI is InChI=1S/C31H32Cl2N2O/c1-34(22-23-7-3-2-4-8-23)30(36)26(25-11-12-28(32)29(33)21-25)14-18-35-19-16-31(17-20-35)15-13-24-9-5-6-10-27(24)31/h2-13,15,21,26H,14,16-20,22H2,1H3/t26-/m0/s1. The average molecular weight is 520 g/mol. The number of nitrogens with zero attached hydrogens (tertiary/aromatic N) is 2. The first-order chi connectivity index (χ1) is 17.4. The lowest BCUT2D eigenvalue weighted by molar-refractivity contribution is -0.132. The van der Waals surface area contributed by atoms with Crippen molar-refractivity contribution in [2.24, 2.45) is 0 Å². The van der Waals surface area contributed by atoms with Gasteiger partial charge in [-0.05, 0) is 73.3 Å². The quantitative estimate of drug-likeness (QED) is 0.330. The second-order valence-corrected chi connectivity index (χ2v) is 10.9. The van der Waals surface area contributed by atoms with Gasteiger partial charge in [0.15, 0.2) is 0 Å². The van der Waals surface area contributed by atoms with E-state index in [2.05, 4.69) is 53.5 Å². The molecule has 3 aromatic carbocycles. The van der Waals surface area contributed by atoms with Crippen LogP contribution in [-0.2, 0) is 16.8 Å².